The van der Waals surface area contributed by atoms with Gasteiger partial charge in [-0.1, -0.05) is 18.2 Å². The number of carbonyl (C=O) groups is 2. The molecule has 1 amide bonds. The molecule has 28 heavy (non-hydrogen) atoms. The summed E-state index contributed by atoms with van der Waals surface area (Å²) in [6, 6.07) is 12.6. The maximum Gasteiger partial charge on any atom is 0.328 e. The Morgan fingerprint density at radius 2 is 1.82 bits per heavy atom. The van der Waals surface area contributed by atoms with E-state index >= 15 is 0 Å². The van der Waals surface area contributed by atoms with E-state index in [9.17, 15) is 14.7 Å². The van der Waals surface area contributed by atoms with E-state index in [0.717, 1.165) is 0 Å². The Labute approximate surface area is 160 Å². The fourth-order valence-corrected chi connectivity index (χ4v) is 2.70. The number of carboxylic acids is 1. The molecule has 0 spiro atoms. The monoisotopic (exact) mass is 382 g/mol. The Morgan fingerprint density at radius 1 is 1.11 bits per heavy atom. The molecule has 1 atom stereocenters. The molecule has 1 unspecified atom stereocenters. The maximum absolute atomic E-state index is 12.3. The van der Waals surface area contributed by atoms with Crippen molar-refractivity contribution in [1.29, 1.82) is 0 Å². The maximum atomic E-state index is 12.3. The van der Waals surface area contributed by atoms with Crippen molar-refractivity contribution in [1.82, 2.24) is 10.3 Å². The molecule has 0 fully saturated rings. The molecule has 8 nitrogen and oxygen atoms in total. The number of nitrogens with zero attached hydrogens (tertiary/aromatic N) is 1. The summed E-state index contributed by atoms with van der Waals surface area (Å²) in [4.78, 5) is 27.4. The highest BCUT2D eigenvalue weighted by atomic mass is 16.5. The lowest BCUT2D eigenvalue weighted by Crippen LogP contribution is -2.43. The number of rotatable bonds is 6. The van der Waals surface area contributed by atoms with E-state index in [-0.39, 0.29) is 11.4 Å². The zero-order chi connectivity index (χ0) is 20.3. The number of benzene rings is 2. The summed E-state index contributed by atoms with van der Waals surface area (Å²) in [6.07, 6.45) is 0. The fourth-order valence-electron chi connectivity index (χ4n) is 2.70. The number of aryl methyl sites for hydroxylation is 1. The summed E-state index contributed by atoms with van der Waals surface area (Å²) < 4.78 is 5.77. The van der Waals surface area contributed by atoms with Crippen molar-refractivity contribution in [2.24, 2.45) is 0 Å². The van der Waals surface area contributed by atoms with Crippen molar-refractivity contribution < 1.29 is 29.6 Å². The number of nitrogens with one attached hydrogen (secondary N) is 1. The number of aliphatic carboxylic acids is 1. The largest absolute Gasteiger partial charge is 0.505 e. The summed E-state index contributed by atoms with van der Waals surface area (Å²) in [5, 5.41) is 31.5. The van der Waals surface area contributed by atoms with Gasteiger partial charge in [0.05, 0.1) is 6.61 Å². The number of hydrogen-bond acceptors (Lipinski definition) is 6. The van der Waals surface area contributed by atoms with Gasteiger partial charge < -0.3 is 25.4 Å². The number of amides is 1. The number of aromatic nitrogens is 1. The summed E-state index contributed by atoms with van der Waals surface area (Å²) in [6.45, 7) is 0.875. The smallest absolute Gasteiger partial charge is 0.328 e. The molecule has 0 radical (unpaired) electrons. The van der Waals surface area contributed by atoms with Crippen LogP contribution in [-0.2, 0) is 4.79 Å². The van der Waals surface area contributed by atoms with E-state index in [1.807, 2.05) is 18.2 Å². The Morgan fingerprint density at radius 3 is 2.46 bits per heavy atom. The predicted octanol–water partition coefficient (Wildman–Crippen LogP) is 2.22. The van der Waals surface area contributed by atoms with Crippen molar-refractivity contribution in [2.75, 3.05) is 6.61 Å². The molecule has 4 N–H and O–H groups in total. The normalized spacial score (nSPS) is 11.8. The summed E-state index contributed by atoms with van der Waals surface area (Å²) in [5.74, 6) is -1.49. The standard InChI is InChI=1S/C20H18N2O6/c1-11-15-9-13(28-12-5-3-2-4-6-12)7-8-14(15)18(24)17(21-11)19(25)22-16(10-23)20(26)27/h2-9,16,23-24H,10H2,1H3,(H,22,25)(H,26,27). The number of carbonyl (C=O) groups excluding carboxylic acids is 1. The molecular weight excluding hydrogens is 364 g/mol. The number of aromatic hydroxyl groups is 1. The quantitative estimate of drug-likeness (QED) is 0.514. The minimum Gasteiger partial charge on any atom is -0.505 e. The van der Waals surface area contributed by atoms with E-state index in [1.54, 1.807) is 37.3 Å². The third-order valence-electron chi connectivity index (χ3n) is 4.12. The Bertz CT molecular complexity index is 1040. The minimum atomic E-state index is -1.49. The topological polar surface area (TPSA) is 129 Å². The van der Waals surface area contributed by atoms with Gasteiger partial charge in [0.15, 0.2) is 17.5 Å². The number of para-hydroxylation sites is 1. The zero-order valence-electron chi connectivity index (χ0n) is 14.9. The zero-order valence-corrected chi connectivity index (χ0v) is 14.9. The highest BCUT2D eigenvalue weighted by molar-refractivity contribution is 6.03. The van der Waals surface area contributed by atoms with Crippen LogP contribution in [0, 0.1) is 6.92 Å². The second-order valence-corrected chi connectivity index (χ2v) is 6.06. The average molecular weight is 382 g/mol. The number of carboxylic acid groups (broad SMARTS) is 1. The van der Waals surface area contributed by atoms with Gasteiger partial charge in [-0.25, -0.2) is 9.78 Å². The van der Waals surface area contributed by atoms with E-state index in [2.05, 4.69) is 10.3 Å². The molecule has 0 bridgehead atoms. The first-order valence-corrected chi connectivity index (χ1v) is 8.41. The van der Waals surface area contributed by atoms with E-state index in [4.69, 9.17) is 14.9 Å². The molecule has 1 aromatic heterocycles. The van der Waals surface area contributed by atoms with Crippen molar-refractivity contribution in [3.63, 3.8) is 0 Å². The van der Waals surface area contributed by atoms with Crippen LogP contribution in [0.3, 0.4) is 0 Å². The van der Waals surface area contributed by atoms with E-state index < -0.39 is 24.5 Å². The Hall–Kier alpha value is -3.65. The van der Waals surface area contributed by atoms with Gasteiger partial charge in [-0.3, -0.25) is 4.79 Å². The number of ether oxygens (including phenoxy) is 1. The SMILES string of the molecule is Cc1nc(C(=O)NC(CO)C(=O)O)c(O)c2ccc(Oc3ccccc3)cc12. The summed E-state index contributed by atoms with van der Waals surface area (Å²) >= 11 is 0. The first-order chi connectivity index (χ1) is 13.4. The van der Waals surface area contributed by atoms with E-state index in [0.29, 0.717) is 28.0 Å². The molecular formula is C20H18N2O6. The van der Waals surface area contributed by atoms with Crippen LogP contribution in [-0.4, -0.2) is 44.8 Å². The summed E-state index contributed by atoms with van der Waals surface area (Å²) in [5.41, 5.74) is 0.133. The van der Waals surface area contributed by atoms with Gasteiger partial charge in [0.25, 0.3) is 5.91 Å². The molecule has 8 heteroatoms. The number of hydrogen-bond donors (Lipinski definition) is 4. The van der Waals surface area contributed by atoms with Crippen molar-refractivity contribution >= 4 is 22.6 Å². The van der Waals surface area contributed by atoms with Crippen LogP contribution in [0.4, 0.5) is 0 Å². The Balaban J connectivity index is 1.95. The molecule has 0 saturated carbocycles. The van der Waals surface area contributed by atoms with Crippen LogP contribution in [0.15, 0.2) is 48.5 Å². The third-order valence-corrected chi connectivity index (χ3v) is 4.12. The number of fused-ring (bicyclic) bond motifs is 1. The molecule has 2 aromatic carbocycles. The van der Waals surface area contributed by atoms with Crippen LogP contribution in [0.2, 0.25) is 0 Å². The van der Waals surface area contributed by atoms with Crippen LogP contribution < -0.4 is 10.1 Å². The van der Waals surface area contributed by atoms with Gasteiger partial charge in [-0.15, -0.1) is 0 Å². The van der Waals surface area contributed by atoms with Crippen molar-refractivity contribution in [2.45, 2.75) is 13.0 Å². The lowest BCUT2D eigenvalue weighted by molar-refractivity contribution is -0.140. The van der Waals surface area contributed by atoms with Gasteiger partial charge in [-0.05, 0) is 37.3 Å². The summed E-state index contributed by atoms with van der Waals surface area (Å²) in [7, 11) is 0. The molecule has 0 aliphatic heterocycles. The highest BCUT2D eigenvalue weighted by Crippen LogP contribution is 2.33. The first kappa shape index (κ1) is 19.1. The van der Waals surface area contributed by atoms with Crippen LogP contribution in [0.1, 0.15) is 16.2 Å². The van der Waals surface area contributed by atoms with Crippen LogP contribution >= 0.6 is 0 Å². The number of pyridine rings is 1. The molecule has 0 aliphatic rings. The van der Waals surface area contributed by atoms with Crippen molar-refractivity contribution in [3.8, 4) is 17.2 Å². The van der Waals surface area contributed by atoms with Gasteiger partial charge in [-0.2, -0.15) is 0 Å². The second-order valence-electron chi connectivity index (χ2n) is 6.06. The van der Waals surface area contributed by atoms with Gasteiger partial charge in [0.1, 0.15) is 11.5 Å². The average Bonchev–Trinajstić information content (AvgIpc) is 2.69. The van der Waals surface area contributed by atoms with Crippen LogP contribution in [0.25, 0.3) is 10.8 Å². The van der Waals surface area contributed by atoms with Crippen molar-refractivity contribution in [3.05, 3.63) is 59.9 Å². The minimum absolute atomic E-state index is 0.318. The third kappa shape index (κ3) is 3.86. The van der Waals surface area contributed by atoms with Gasteiger partial charge >= 0.3 is 5.97 Å². The number of aliphatic hydroxyl groups excluding tert-OH is 1. The van der Waals surface area contributed by atoms with E-state index in [1.165, 1.54) is 0 Å². The molecule has 0 saturated heterocycles. The molecule has 3 rings (SSSR count). The Kier molecular flexibility index (Phi) is 5.42. The molecule has 144 valence electrons. The lowest BCUT2D eigenvalue weighted by atomic mass is 10.1. The molecule has 3 aromatic rings. The fraction of sp³-hybridized carbons (Fsp3) is 0.150. The molecule has 1 heterocycles. The molecule has 0 aliphatic carbocycles. The highest BCUT2D eigenvalue weighted by Gasteiger charge is 2.24. The number of aliphatic hydroxyl groups is 1. The lowest BCUT2D eigenvalue weighted by Gasteiger charge is -2.14. The first-order valence-electron chi connectivity index (χ1n) is 8.41. The van der Waals surface area contributed by atoms with Gasteiger partial charge in [0.2, 0.25) is 0 Å². The second kappa shape index (κ2) is 7.93. The predicted molar refractivity (Wildman–Crippen MR) is 101 cm³/mol. The van der Waals surface area contributed by atoms with Crippen LogP contribution in [0.5, 0.6) is 17.2 Å². The van der Waals surface area contributed by atoms with Gasteiger partial charge in [0, 0.05) is 16.5 Å².